The standard InChI is InChI=1S/C22H29F2N6O10PS/c1-12(18(32)39-13-5-3-2-4-6-13)28-41(36,37-9-14-7-8-16(42-14)30(34)35)38-10-15-17(31)22(23,24)19(40-15)29-11-26-20(25)27-21(29)33/h7-8,11-13,15,17,19,31H,2-6,9-10H2,1H3,(H,28,36)(H2,25,27,33)/t12-,15?,17-,19+,41?/m0/s1. The second kappa shape index (κ2) is 13.2. The van der Waals surface area contributed by atoms with Crippen LogP contribution in [0.1, 0.15) is 50.1 Å². The van der Waals surface area contributed by atoms with Gasteiger partial charge >= 0.3 is 30.3 Å². The average Bonchev–Trinajstić information content (AvgIpc) is 3.50. The molecule has 2 aromatic rings. The Morgan fingerprint density at radius 3 is 2.74 bits per heavy atom. The highest BCUT2D eigenvalue weighted by Crippen LogP contribution is 2.48. The number of aliphatic hydroxyl groups is 1. The molecule has 0 spiro atoms. The van der Waals surface area contributed by atoms with Crippen molar-refractivity contribution < 1.29 is 46.7 Å². The molecule has 1 saturated heterocycles. The molecular formula is C22H29F2N6O10PS. The van der Waals surface area contributed by atoms with Gasteiger partial charge in [0.2, 0.25) is 12.2 Å². The molecule has 1 aliphatic carbocycles. The zero-order chi connectivity index (χ0) is 30.7. The summed E-state index contributed by atoms with van der Waals surface area (Å²) in [6, 6.07) is 1.32. The smallest absolute Gasteiger partial charge is 0.406 e. The number of carbonyl (C=O) groups excluding carboxylic acids is 1. The normalized spacial score (nSPS) is 24.6. The average molecular weight is 639 g/mol. The summed E-state index contributed by atoms with van der Waals surface area (Å²) in [5, 5.41) is 23.5. The number of ether oxygens (including phenoxy) is 2. The van der Waals surface area contributed by atoms with Crippen LogP contribution in [-0.4, -0.2) is 67.4 Å². The number of aromatic nitrogens is 3. The van der Waals surface area contributed by atoms with Crippen molar-refractivity contribution >= 4 is 36.0 Å². The Labute approximate surface area is 240 Å². The van der Waals surface area contributed by atoms with E-state index in [0.29, 0.717) is 23.7 Å². The number of rotatable bonds is 12. The summed E-state index contributed by atoms with van der Waals surface area (Å²) in [5.74, 6) is -5.26. The van der Waals surface area contributed by atoms with Gasteiger partial charge in [-0.15, -0.1) is 0 Å². The third-order valence-corrected chi connectivity index (χ3v) is 9.20. The fourth-order valence-corrected chi connectivity index (χ4v) is 6.61. The third kappa shape index (κ3) is 7.52. The van der Waals surface area contributed by atoms with Crippen molar-refractivity contribution in [3.8, 4) is 0 Å². The Bertz CT molecular complexity index is 1390. The maximum atomic E-state index is 14.9. The molecule has 1 saturated carbocycles. The van der Waals surface area contributed by atoms with E-state index in [1.54, 1.807) is 0 Å². The number of carbonyl (C=O) groups is 1. The molecule has 5 atom stereocenters. The van der Waals surface area contributed by atoms with Gasteiger partial charge in [-0.1, -0.05) is 17.8 Å². The lowest BCUT2D eigenvalue weighted by molar-refractivity contribution is -0.380. The highest BCUT2D eigenvalue weighted by atomic mass is 32.1. The first kappa shape index (κ1) is 32.0. The number of hydrogen-bond donors (Lipinski definition) is 3. The van der Waals surface area contributed by atoms with E-state index in [9.17, 15) is 38.2 Å². The van der Waals surface area contributed by atoms with Gasteiger partial charge in [0.05, 0.1) is 18.1 Å². The molecule has 2 aromatic heterocycles. The highest BCUT2D eigenvalue weighted by Gasteiger charge is 2.60. The van der Waals surface area contributed by atoms with Gasteiger partial charge in [0, 0.05) is 10.9 Å². The van der Waals surface area contributed by atoms with Gasteiger partial charge in [-0.05, 0) is 38.7 Å². The molecule has 4 rings (SSSR count). The molecule has 1 aliphatic heterocycles. The lowest BCUT2D eigenvalue weighted by atomic mass is 9.98. The van der Waals surface area contributed by atoms with E-state index in [0.717, 1.165) is 30.6 Å². The van der Waals surface area contributed by atoms with Crippen LogP contribution >= 0.6 is 19.1 Å². The first-order chi connectivity index (χ1) is 19.8. The number of nitrogens with one attached hydrogen (secondary N) is 1. The number of anilines is 1. The van der Waals surface area contributed by atoms with Crippen LogP contribution in [-0.2, 0) is 34.5 Å². The minimum atomic E-state index is -4.55. The Hall–Kier alpha value is -2.93. The molecule has 0 bridgehead atoms. The quantitative estimate of drug-likeness (QED) is 0.131. The van der Waals surface area contributed by atoms with E-state index < -0.39 is 73.9 Å². The number of esters is 1. The number of thiophene rings is 1. The number of nitro groups is 1. The first-order valence-electron chi connectivity index (χ1n) is 12.8. The lowest BCUT2D eigenvalue weighted by Crippen LogP contribution is -2.42. The van der Waals surface area contributed by atoms with Crippen molar-refractivity contribution in [2.75, 3.05) is 12.3 Å². The molecule has 0 amide bonds. The van der Waals surface area contributed by atoms with Crippen LogP contribution in [0, 0.1) is 10.1 Å². The first-order valence-corrected chi connectivity index (χ1v) is 15.2. The van der Waals surface area contributed by atoms with Crippen LogP contribution in [0.15, 0.2) is 23.3 Å². The van der Waals surface area contributed by atoms with E-state index in [4.69, 9.17) is 24.3 Å². The molecular weight excluding hydrogens is 609 g/mol. The Kier molecular flexibility index (Phi) is 10.0. The minimum Gasteiger partial charge on any atom is -0.461 e. The van der Waals surface area contributed by atoms with Crippen LogP contribution in [0.3, 0.4) is 0 Å². The summed E-state index contributed by atoms with van der Waals surface area (Å²) in [4.78, 5) is 42.2. The summed E-state index contributed by atoms with van der Waals surface area (Å²) >= 11 is 0.737. The molecule has 232 valence electrons. The number of aliphatic hydroxyl groups excluding tert-OH is 1. The number of nitrogens with zero attached hydrogens (tertiary/aromatic N) is 4. The predicted octanol–water partition coefficient (Wildman–Crippen LogP) is 2.28. The van der Waals surface area contributed by atoms with E-state index in [-0.39, 0.29) is 16.0 Å². The molecule has 0 radical (unpaired) electrons. The van der Waals surface area contributed by atoms with Gasteiger partial charge in [-0.25, -0.2) is 24.0 Å². The summed E-state index contributed by atoms with van der Waals surface area (Å²) in [5.41, 5.74) is 4.08. The Balaban J connectivity index is 1.47. The Morgan fingerprint density at radius 2 is 2.10 bits per heavy atom. The van der Waals surface area contributed by atoms with Crippen molar-refractivity contribution in [2.24, 2.45) is 0 Å². The summed E-state index contributed by atoms with van der Waals surface area (Å²) < 4.78 is 65.2. The molecule has 2 aliphatic rings. The highest BCUT2D eigenvalue weighted by molar-refractivity contribution is 7.51. The molecule has 0 aromatic carbocycles. The molecule has 4 N–H and O–H groups in total. The van der Waals surface area contributed by atoms with Crippen molar-refractivity contribution in [3.63, 3.8) is 0 Å². The number of nitrogens with two attached hydrogens (primary N) is 1. The summed E-state index contributed by atoms with van der Waals surface area (Å²) in [7, 11) is -4.55. The monoisotopic (exact) mass is 638 g/mol. The Morgan fingerprint density at radius 1 is 1.38 bits per heavy atom. The molecule has 16 nitrogen and oxygen atoms in total. The largest absolute Gasteiger partial charge is 0.461 e. The zero-order valence-corrected chi connectivity index (χ0v) is 23.9. The maximum absolute atomic E-state index is 14.9. The second-order valence-electron chi connectivity index (χ2n) is 9.66. The maximum Gasteiger partial charge on any atom is 0.406 e. The van der Waals surface area contributed by atoms with E-state index >= 15 is 0 Å². The fraction of sp³-hybridized carbons (Fsp3) is 0.636. The van der Waals surface area contributed by atoms with Crippen LogP contribution in [0.4, 0.5) is 19.7 Å². The number of halogens is 2. The van der Waals surface area contributed by atoms with Crippen molar-refractivity contribution in [1.82, 2.24) is 19.6 Å². The predicted molar refractivity (Wildman–Crippen MR) is 140 cm³/mol. The fourth-order valence-electron chi connectivity index (χ4n) is 4.34. The molecule has 20 heteroatoms. The number of nitrogen functional groups attached to an aromatic ring is 1. The van der Waals surface area contributed by atoms with Crippen LogP contribution in [0.25, 0.3) is 0 Å². The minimum absolute atomic E-state index is 0.209. The summed E-state index contributed by atoms with van der Waals surface area (Å²) in [6.07, 6.45) is -2.20. The van der Waals surface area contributed by atoms with Gasteiger partial charge in [0.15, 0.2) is 6.10 Å². The SMILES string of the molecule is C[C@H](NP(=O)(OCc1ccc([N+](=O)[O-])s1)OCC1O[C@@H](n2cnc(N)nc2=O)C(F)(F)[C@H]1O)C(=O)OC1CCCCC1. The molecule has 2 fully saturated rings. The van der Waals surface area contributed by atoms with Crippen molar-refractivity contribution in [2.45, 2.75) is 82.1 Å². The van der Waals surface area contributed by atoms with Gasteiger partial charge in [-0.3, -0.25) is 24.0 Å². The van der Waals surface area contributed by atoms with Crippen molar-refractivity contribution in [1.29, 1.82) is 0 Å². The topological polar surface area (TPSA) is 220 Å². The lowest BCUT2D eigenvalue weighted by Gasteiger charge is -2.26. The van der Waals surface area contributed by atoms with E-state index in [2.05, 4.69) is 15.1 Å². The van der Waals surface area contributed by atoms with Gasteiger partial charge in [0.25, 0.3) is 0 Å². The van der Waals surface area contributed by atoms with Gasteiger partial charge in [0.1, 0.15) is 24.6 Å². The van der Waals surface area contributed by atoms with E-state index in [1.807, 2.05) is 0 Å². The van der Waals surface area contributed by atoms with E-state index in [1.165, 1.54) is 19.1 Å². The third-order valence-electron chi connectivity index (χ3n) is 6.53. The zero-order valence-electron chi connectivity index (χ0n) is 22.2. The van der Waals surface area contributed by atoms with Crippen molar-refractivity contribution in [3.05, 3.63) is 43.9 Å². The molecule has 3 heterocycles. The number of hydrogen-bond acceptors (Lipinski definition) is 14. The van der Waals surface area contributed by atoms with Crippen LogP contribution in [0.5, 0.6) is 0 Å². The molecule has 2 unspecified atom stereocenters. The summed E-state index contributed by atoms with van der Waals surface area (Å²) in [6.45, 7) is -0.0888. The van der Waals surface area contributed by atoms with Crippen LogP contribution in [0.2, 0.25) is 0 Å². The number of alkyl halides is 2. The van der Waals surface area contributed by atoms with Crippen LogP contribution < -0.4 is 16.5 Å². The van der Waals surface area contributed by atoms with Gasteiger partial charge < -0.3 is 20.3 Å². The molecule has 42 heavy (non-hydrogen) atoms. The van der Waals surface area contributed by atoms with Gasteiger partial charge in [-0.2, -0.15) is 13.8 Å². The second-order valence-corrected chi connectivity index (χ2v) is 12.6.